The van der Waals surface area contributed by atoms with Crippen molar-refractivity contribution >= 4 is 29.0 Å². The highest BCUT2D eigenvalue weighted by molar-refractivity contribution is 7.10. The van der Waals surface area contributed by atoms with Gasteiger partial charge in [-0.1, -0.05) is 0 Å². The standard InChI is InChI=1S/C18H20N2O3S/c1-3-23-18(22)19-14-6-4-13(5-7-14)17(21)20-10-8-16-15(12(20)2)9-11-24-16/h4-7,9,11-12H,3,8,10H2,1-2H3,(H,19,22)/t12-/m0/s1. The van der Waals surface area contributed by atoms with E-state index in [0.717, 1.165) is 13.0 Å². The van der Waals surface area contributed by atoms with Crippen molar-refractivity contribution in [3.63, 3.8) is 0 Å². The molecule has 0 aliphatic carbocycles. The van der Waals surface area contributed by atoms with E-state index in [4.69, 9.17) is 4.74 Å². The summed E-state index contributed by atoms with van der Waals surface area (Å²) < 4.78 is 4.83. The molecule has 6 heteroatoms. The van der Waals surface area contributed by atoms with E-state index in [0.29, 0.717) is 17.9 Å². The summed E-state index contributed by atoms with van der Waals surface area (Å²) in [7, 11) is 0. The van der Waals surface area contributed by atoms with E-state index in [2.05, 4.69) is 23.7 Å². The van der Waals surface area contributed by atoms with Crippen LogP contribution in [0.2, 0.25) is 0 Å². The van der Waals surface area contributed by atoms with Gasteiger partial charge in [0.05, 0.1) is 12.6 Å². The minimum absolute atomic E-state index is 0.0158. The van der Waals surface area contributed by atoms with Crippen LogP contribution in [0.3, 0.4) is 0 Å². The minimum Gasteiger partial charge on any atom is -0.450 e. The smallest absolute Gasteiger partial charge is 0.411 e. The topological polar surface area (TPSA) is 58.6 Å². The maximum atomic E-state index is 12.8. The Hall–Kier alpha value is -2.34. The lowest BCUT2D eigenvalue weighted by atomic mass is 10.0. The normalized spacial score (nSPS) is 16.4. The zero-order valence-corrected chi connectivity index (χ0v) is 14.6. The van der Waals surface area contributed by atoms with Gasteiger partial charge in [0.2, 0.25) is 0 Å². The van der Waals surface area contributed by atoms with Gasteiger partial charge in [-0.05, 0) is 61.5 Å². The van der Waals surface area contributed by atoms with Crippen molar-refractivity contribution in [1.82, 2.24) is 4.90 Å². The Morgan fingerprint density at radius 1 is 1.29 bits per heavy atom. The Balaban J connectivity index is 1.70. The van der Waals surface area contributed by atoms with Crippen LogP contribution in [-0.4, -0.2) is 30.1 Å². The number of benzene rings is 1. The van der Waals surface area contributed by atoms with Crippen LogP contribution in [0.15, 0.2) is 35.7 Å². The van der Waals surface area contributed by atoms with Crippen LogP contribution < -0.4 is 5.32 Å². The predicted molar refractivity (Wildman–Crippen MR) is 94.6 cm³/mol. The number of anilines is 1. The van der Waals surface area contributed by atoms with E-state index in [1.807, 2.05) is 4.90 Å². The molecule has 2 heterocycles. The fourth-order valence-electron chi connectivity index (χ4n) is 2.93. The molecule has 24 heavy (non-hydrogen) atoms. The minimum atomic E-state index is -0.494. The second kappa shape index (κ2) is 7.05. The average molecular weight is 344 g/mol. The van der Waals surface area contributed by atoms with E-state index in [-0.39, 0.29) is 11.9 Å². The van der Waals surface area contributed by atoms with Crippen LogP contribution in [0, 0.1) is 0 Å². The highest BCUT2D eigenvalue weighted by atomic mass is 32.1. The molecule has 5 nitrogen and oxygen atoms in total. The molecule has 2 aromatic rings. The first-order valence-corrected chi connectivity index (χ1v) is 8.89. The number of ether oxygens (including phenoxy) is 1. The summed E-state index contributed by atoms with van der Waals surface area (Å²) in [4.78, 5) is 27.5. The summed E-state index contributed by atoms with van der Waals surface area (Å²) in [6.45, 7) is 4.87. The van der Waals surface area contributed by atoms with Crippen LogP contribution in [0.1, 0.15) is 40.7 Å². The van der Waals surface area contributed by atoms with Crippen molar-refractivity contribution < 1.29 is 14.3 Å². The Labute approximate surface area is 145 Å². The largest absolute Gasteiger partial charge is 0.450 e. The summed E-state index contributed by atoms with van der Waals surface area (Å²) in [5.41, 5.74) is 2.48. The Bertz CT molecular complexity index is 739. The van der Waals surface area contributed by atoms with Gasteiger partial charge in [-0.2, -0.15) is 0 Å². The van der Waals surface area contributed by atoms with E-state index < -0.39 is 6.09 Å². The molecule has 0 bridgehead atoms. The molecular formula is C18H20N2O3S. The van der Waals surface area contributed by atoms with Gasteiger partial charge in [-0.15, -0.1) is 11.3 Å². The van der Waals surface area contributed by atoms with Crippen LogP contribution in [0.5, 0.6) is 0 Å². The average Bonchev–Trinajstić information content (AvgIpc) is 3.05. The monoisotopic (exact) mass is 344 g/mol. The third-order valence-corrected chi connectivity index (χ3v) is 5.19. The van der Waals surface area contributed by atoms with Crippen LogP contribution in [-0.2, 0) is 11.2 Å². The van der Waals surface area contributed by atoms with Crippen LogP contribution >= 0.6 is 11.3 Å². The fraction of sp³-hybridized carbons (Fsp3) is 0.333. The van der Waals surface area contributed by atoms with Gasteiger partial charge < -0.3 is 9.64 Å². The van der Waals surface area contributed by atoms with Crippen molar-refractivity contribution in [2.24, 2.45) is 0 Å². The number of hydrogen-bond acceptors (Lipinski definition) is 4. The third kappa shape index (κ3) is 3.28. The molecular weight excluding hydrogens is 324 g/mol. The second-order valence-corrected chi connectivity index (χ2v) is 6.65. The first kappa shape index (κ1) is 16.5. The van der Waals surface area contributed by atoms with Crippen molar-refractivity contribution in [2.45, 2.75) is 26.3 Å². The zero-order valence-electron chi connectivity index (χ0n) is 13.7. The van der Waals surface area contributed by atoms with Crippen LogP contribution in [0.4, 0.5) is 10.5 Å². The molecule has 2 amide bonds. The first-order chi connectivity index (χ1) is 11.6. The molecule has 3 rings (SSSR count). The Morgan fingerprint density at radius 3 is 2.75 bits per heavy atom. The number of hydrogen-bond donors (Lipinski definition) is 1. The van der Waals surface area contributed by atoms with Gasteiger partial charge in [-0.25, -0.2) is 4.79 Å². The van der Waals surface area contributed by atoms with E-state index in [9.17, 15) is 9.59 Å². The molecule has 0 unspecified atom stereocenters. The highest BCUT2D eigenvalue weighted by Gasteiger charge is 2.28. The number of carbonyl (C=O) groups excluding carboxylic acids is 2. The van der Waals surface area contributed by atoms with Crippen LogP contribution in [0.25, 0.3) is 0 Å². The van der Waals surface area contributed by atoms with Gasteiger partial charge >= 0.3 is 6.09 Å². The summed E-state index contributed by atoms with van der Waals surface area (Å²) >= 11 is 1.76. The summed E-state index contributed by atoms with van der Waals surface area (Å²) in [6.07, 6.45) is 0.414. The summed E-state index contributed by atoms with van der Waals surface area (Å²) in [5, 5.41) is 4.71. The molecule has 0 radical (unpaired) electrons. The molecule has 0 saturated heterocycles. The molecule has 1 atom stereocenters. The molecule has 1 aromatic heterocycles. The summed E-state index contributed by atoms with van der Waals surface area (Å²) in [5.74, 6) is 0.0158. The SMILES string of the molecule is CCOC(=O)Nc1ccc(C(=O)N2CCc3sccc3[C@@H]2C)cc1. The zero-order chi connectivity index (χ0) is 17.1. The number of fused-ring (bicyclic) bond motifs is 1. The molecule has 1 N–H and O–H groups in total. The van der Waals surface area contributed by atoms with E-state index >= 15 is 0 Å². The Morgan fingerprint density at radius 2 is 2.04 bits per heavy atom. The number of thiophene rings is 1. The lowest BCUT2D eigenvalue weighted by molar-refractivity contribution is 0.0679. The quantitative estimate of drug-likeness (QED) is 0.913. The van der Waals surface area contributed by atoms with Gasteiger partial charge in [-0.3, -0.25) is 10.1 Å². The number of nitrogens with zero attached hydrogens (tertiary/aromatic N) is 1. The van der Waals surface area contributed by atoms with Crippen molar-refractivity contribution in [1.29, 1.82) is 0 Å². The molecule has 0 saturated carbocycles. The number of rotatable bonds is 3. The maximum Gasteiger partial charge on any atom is 0.411 e. The Kier molecular flexibility index (Phi) is 4.85. The van der Waals surface area contributed by atoms with Crippen molar-refractivity contribution in [2.75, 3.05) is 18.5 Å². The van der Waals surface area contributed by atoms with Gasteiger partial charge in [0.25, 0.3) is 5.91 Å². The van der Waals surface area contributed by atoms with E-state index in [1.165, 1.54) is 10.4 Å². The molecule has 1 aliphatic heterocycles. The lowest BCUT2D eigenvalue weighted by Gasteiger charge is -2.33. The third-order valence-electron chi connectivity index (χ3n) is 4.19. The number of amides is 2. The molecule has 126 valence electrons. The van der Waals surface area contributed by atoms with Crippen molar-refractivity contribution in [3.05, 3.63) is 51.7 Å². The molecule has 0 spiro atoms. The molecule has 1 aliphatic rings. The van der Waals surface area contributed by atoms with Gasteiger partial charge in [0, 0.05) is 22.7 Å². The second-order valence-electron chi connectivity index (χ2n) is 5.65. The molecule has 1 aromatic carbocycles. The van der Waals surface area contributed by atoms with E-state index in [1.54, 1.807) is 42.5 Å². The van der Waals surface area contributed by atoms with Crippen molar-refractivity contribution in [3.8, 4) is 0 Å². The number of carbonyl (C=O) groups is 2. The number of nitrogens with one attached hydrogen (secondary N) is 1. The summed E-state index contributed by atoms with van der Waals surface area (Å²) in [6, 6.07) is 9.10. The fourth-order valence-corrected chi connectivity index (χ4v) is 3.90. The van der Waals surface area contributed by atoms with Gasteiger partial charge in [0.15, 0.2) is 0 Å². The predicted octanol–water partition coefficient (Wildman–Crippen LogP) is 4.08. The maximum absolute atomic E-state index is 12.8. The highest BCUT2D eigenvalue weighted by Crippen LogP contribution is 2.33. The molecule has 0 fully saturated rings. The van der Waals surface area contributed by atoms with Gasteiger partial charge in [0.1, 0.15) is 0 Å². The lowest BCUT2D eigenvalue weighted by Crippen LogP contribution is -2.38. The first-order valence-electron chi connectivity index (χ1n) is 8.01.